The molecule has 0 unspecified atom stereocenters. The first-order valence-electron chi connectivity index (χ1n) is 10.5. The maximum absolute atomic E-state index is 11.9. The summed E-state index contributed by atoms with van der Waals surface area (Å²) in [5.74, 6) is 1.87. The minimum Gasteiger partial charge on any atom is -0.381 e. The number of ketones is 1. The quantitative estimate of drug-likeness (QED) is 0.568. The van der Waals surface area contributed by atoms with E-state index in [4.69, 9.17) is 9.47 Å². The van der Waals surface area contributed by atoms with Gasteiger partial charge < -0.3 is 14.8 Å². The van der Waals surface area contributed by atoms with Crippen LogP contribution in [0.2, 0.25) is 0 Å². The molecule has 150 valence electrons. The van der Waals surface area contributed by atoms with E-state index in [1.54, 1.807) is 0 Å². The van der Waals surface area contributed by atoms with Gasteiger partial charge in [-0.1, -0.05) is 6.92 Å². The zero-order valence-electron chi connectivity index (χ0n) is 16.8. The third-order valence-corrected chi connectivity index (χ3v) is 5.77. The number of ether oxygens (including phenoxy) is 2. The molecule has 0 aliphatic heterocycles. The van der Waals surface area contributed by atoms with Crippen LogP contribution < -0.4 is 5.32 Å². The van der Waals surface area contributed by atoms with E-state index >= 15 is 0 Å². The number of rotatable bonds is 11. The topological polar surface area (TPSA) is 64.6 Å². The molecular weight excluding hydrogens is 330 g/mol. The van der Waals surface area contributed by atoms with Gasteiger partial charge in [0.15, 0.2) is 0 Å². The monoisotopic (exact) mass is 367 g/mol. The zero-order chi connectivity index (χ0) is 18.9. The minimum absolute atomic E-state index is 0.0481. The van der Waals surface area contributed by atoms with Gasteiger partial charge in [0.05, 0.1) is 12.7 Å². The number of hydrogen-bond acceptors (Lipinski definition) is 4. The van der Waals surface area contributed by atoms with Gasteiger partial charge in [0.2, 0.25) is 5.91 Å². The van der Waals surface area contributed by atoms with Gasteiger partial charge in [-0.3, -0.25) is 9.59 Å². The van der Waals surface area contributed by atoms with Gasteiger partial charge in [-0.2, -0.15) is 0 Å². The van der Waals surface area contributed by atoms with Crippen molar-refractivity contribution in [1.82, 2.24) is 5.32 Å². The normalized spacial score (nSPS) is 28.6. The van der Waals surface area contributed by atoms with E-state index in [1.807, 2.05) is 6.92 Å². The van der Waals surface area contributed by atoms with Gasteiger partial charge in [-0.05, 0) is 64.2 Å². The van der Waals surface area contributed by atoms with E-state index in [2.05, 4.69) is 19.2 Å². The van der Waals surface area contributed by atoms with Gasteiger partial charge in [0, 0.05) is 38.0 Å². The summed E-state index contributed by atoms with van der Waals surface area (Å²) in [6, 6.07) is 0.186. The van der Waals surface area contributed by atoms with E-state index in [0.717, 1.165) is 26.1 Å². The summed E-state index contributed by atoms with van der Waals surface area (Å²) in [6.07, 6.45) is 7.81. The second-order valence-corrected chi connectivity index (χ2v) is 8.35. The molecule has 0 aromatic heterocycles. The van der Waals surface area contributed by atoms with Crippen LogP contribution in [0.3, 0.4) is 0 Å². The molecule has 0 bridgehead atoms. The Kier molecular flexibility index (Phi) is 9.06. The van der Waals surface area contributed by atoms with Crippen molar-refractivity contribution in [2.24, 2.45) is 17.8 Å². The molecular formula is C21H37NO4. The van der Waals surface area contributed by atoms with Gasteiger partial charge in [-0.15, -0.1) is 0 Å². The fourth-order valence-corrected chi connectivity index (χ4v) is 3.90. The second-order valence-electron chi connectivity index (χ2n) is 8.35. The first-order chi connectivity index (χ1) is 12.5. The molecule has 2 aliphatic rings. The van der Waals surface area contributed by atoms with Crippen LogP contribution in [-0.4, -0.2) is 43.7 Å². The van der Waals surface area contributed by atoms with Crippen molar-refractivity contribution >= 4 is 11.7 Å². The van der Waals surface area contributed by atoms with Crippen LogP contribution >= 0.6 is 0 Å². The molecule has 1 N–H and O–H groups in total. The molecule has 2 aliphatic carbocycles. The smallest absolute Gasteiger partial charge is 0.222 e. The summed E-state index contributed by atoms with van der Waals surface area (Å²) < 4.78 is 11.5. The third kappa shape index (κ3) is 7.36. The maximum atomic E-state index is 11.9. The summed E-state index contributed by atoms with van der Waals surface area (Å²) >= 11 is 0. The Labute approximate surface area is 158 Å². The Morgan fingerprint density at radius 1 is 1.04 bits per heavy atom. The lowest BCUT2D eigenvalue weighted by molar-refractivity contribution is -0.129. The third-order valence-electron chi connectivity index (χ3n) is 5.77. The molecule has 0 saturated heterocycles. The van der Waals surface area contributed by atoms with Crippen LogP contribution in [0, 0.1) is 17.8 Å². The van der Waals surface area contributed by atoms with E-state index in [0.29, 0.717) is 43.2 Å². The average molecular weight is 368 g/mol. The highest BCUT2D eigenvalue weighted by atomic mass is 16.5. The summed E-state index contributed by atoms with van der Waals surface area (Å²) in [7, 11) is 0. The van der Waals surface area contributed by atoms with Crippen molar-refractivity contribution in [3.63, 3.8) is 0 Å². The number of nitrogens with one attached hydrogen (secondary N) is 1. The average Bonchev–Trinajstić information content (AvgIpc) is 2.60. The fourth-order valence-electron chi connectivity index (χ4n) is 3.90. The summed E-state index contributed by atoms with van der Waals surface area (Å²) in [5.41, 5.74) is 0. The number of Topliss-reactive ketones (excluding diaryl/α,β-unsaturated/α-hetero) is 1. The van der Waals surface area contributed by atoms with Crippen molar-refractivity contribution in [1.29, 1.82) is 0 Å². The standard InChI is InChI=1S/C21H37NO4/c1-4-20(23)18-11-19(12-18)22-21(24)9-10-25-13-16-5-7-17(8-6-16)14-26-15(2)3/h15-19H,4-14H2,1-3H3,(H,22,24)/t16-,17+,18-,19+. The molecule has 0 radical (unpaired) electrons. The molecule has 0 aromatic carbocycles. The Morgan fingerprint density at radius 3 is 2.23 bits per heavy atom. The number of amides is 1. The Balaban J connectivity index is 1.46. The van der Waals surface area contributed by atoms with Gasteiger partial charge in [-0.25, -0.2) is 0 Å². The lowest BCUT2D eigenvalue weighted by Crippen LogP contribution is -2.46. The highest BCUT2D eigenvalue weighted by Crippen LogP contribution is 2.30. The largest absolute Gasteiger partial charge is 0.381 e. The van der Waals surface area contributed by atoms with E-state index in [9.17, 15) is 9.59 Å². The SMILES string of the molecule is CCC(=O)[C@H]1C[C@@H](NC(=O)CCOC[C@H]2CC[C@@H](COC(C)C)CC2)C1. The second kappa shape index (κ2) is 11.0. The molecule has 5 nitrogen and oxygen atoms in total. The lowest BCUT2D eigenvalue weighted by atomic mass is 9.77. The predicted molar refractivity (Wildman–Crippen MR) is 102 cm³/mol. The molecule has 2 rings (SSSR count). The molecule has 5 heteroatoms. The lowest BCUT2D eigenvalue weighted by Gasteiger charge is -2.34. The van der Waals surface area contributed by atoms with Crippen LogP contribution in [0.5, 0.6) is 0 Å². The number of carbonyl (C=O) groups is 2. The number of hydrogen-bond donors (Lipinski definition) is 1. The van der Waals surface area contributed by atoms with Crippen molar-refractivity contribution in [2.45, 2.75) is 84.3 Å². The highest BCUT2D eigenvalue weighted by Gasteiger charge is 2.34. The molecule has 0 spiro atoms. The fraction of sp³-hybridized carbons (Fsp3) is 0.905. The van der Waals surface area contributed by atoms with Gasteiger partial charge in [0.1, 0.15) is 5.78 Å². The molecule has 2 saturated carbocycles. The van der Waals surface area contributed by atoms with Crippen molar-refractivity contribution in [2.75, 3.05) is 19.8 Å². The summed E-state index contributed by atoms with van der Waals surface area (Å²) in [5, 5.41) is 3.01. The van der Waals surface area contributed by atoms with E-state index in [1.165, 1.54) is 25.7 Å². The van der Waals surface area contributed by atoms with Crippen LogP contribution in [-0.2, 0) is 19.1 Å². The Bertz CT molecular complexity index is 437. The van der Waals surface area contributed by atoms with E-state index in [-0.39, 0.29) is 17.9 Å². The molecule has 0 atom stereocenters. The molecule has 26 heavy (non-hydrogen) atoms. The van der Waals surface area contributed by atoms with Gasteiger partial charge >= 0.3 is 0 Å². The predicted octanol–water partition coefficient (Wildman–Crippen LogP) is 3.50. The first kappa shape index (κ1) is 21.4. The zero-order valence-corrected chi connectivity index (χ0v) is 16.8. The van der Waals surface area contributed by atoms with E-state index < -0.39 is 0 Å². The Hall–Kier alpha value is -0.940. The molecule has 2 fully saturated rings. The summed E-state index contributed by atoms with van der Waals surface area (Å²) in [6.45, 7) is 8.22. The van der Waals surface area contributed by atoms with Crippen molar-refractivity contribution < 1.29 is 19.1 Å². The molecule has 0 aromatic rings. The molecule has 0 heterocycles. The Morgan fingerprint density at radius 2 is 1.65 bits per heavy atom. The van der Waals surface area contributed by atoms with Crippen LogP contribution in [0.1, 0.15) is 72.1 Å². The highest BCUT2D eigenvalue weighted by molar-refractivity contribution is 5.82. The maximum Gasteiger partial charge on any atom is 0.222 e. The minimum atomic E-state index is 0.0481. The summed E-state index contributed by atoms with van der Waals surface area (Å²) in [4.78, 5) is 23.5. The van der Waals surface area contributed by atoms with Crippen LogP contribution in [0.4, 0.5) is 0 Å². The first-order valence-corrected chi connectivity index (χ1v) is 10.5. The van der Waals surface area contributed by atoms with Crippen molar-refractivity contribution in [3.05, 3.63) is 0 Å². The van der Waals surface area contributed by atoms with Gasteiger partial charge in [0.25, 0.3) is 0 Å². The van der Waals surface area contributed by atoms with Crippen molar-refractivity contribution in [3.8, 4) is 0 Å². The number of carbonyl (C=O) groups excluding carboxylic acids is 2. The van der Waals surface area contributed by atoms with Crippen LogP contribution in [0.15, 0.2) is 0 Å². The van der Waals surface area contributed by atoms with Crippen LogP contribution in [0.25, 0.3) is 0 Å². The molecule has 1 amide bonds.